The highest BCUT2D eigenvalue weighted by atomic mass is 32.2. The van der Waals surface area contributed by atoms with Gasteiger partial charge in [0.15, 0.2) is 15.2 Å². The molecule has 69 heavy (non-hydrogen) atoms. The lowest BCUT2D eigenvalue weighted by Gasteiger charge is -2.22. The van der Waals surface area contributed by atoms with Gasteiger partial charge in [-0.2, -0.15) is 40.5 Å². The second kappa shape index (κ2) is 22.1. The smallest absolute Gasteiger partial charge is 0.298 e. The number of aromatic nitrogens is 5. The number of benzene rings is 4. The van der Waals surface area contributed by atoms with E-state index in [0.717, 1.165) is 79.2 Å². The van der Waals surface area contributed by atoms with E-state index < -0.39 is 30.0 Å². The molecule has 26 heteroatoms. The Hall–Kier alpha value is -6.16. The van der Waals surface area contributed by atoms with Crippen molar-refractivity contribution in [2.45, 2.75) is 62.4 Å². The van der Waals surface area contributed by atoms with Crippen molar-refractivity contribution in [3.05, 3.63) is 60.7 Å². The molecule has 0 aliphatic carbocycles. The number of ether oxygens (including phenoxy) is 2. The van der Waals surface area contributed by atoms with E-state index in [4.69, 9.17) is 24.4 Å². The molecule has 0 saturated carbocycles. The first-order valence-corrected chi connectivity index (χ1v) is 27.0. The molecule has 4 N–H and O–H groups in total. The predicted octanol–water partition coefficient (Wildman–Crippen LogP) is 11.5. The molecule has 0 aliphatic heterocycles. The highest BCUT2D eigenvalue weighted by Gasteiger charge is 2.23. The molecule has 0 saturated heterocycles. The van der Waals surface area contributed by atoms with Gasteiger partial charge in [-0.1, -0.05) is 25.1 Å². The van der Waals surface area contributed by atoms with Crippen molar-refractivity contribution >= 4 is 133 Å². The number of methoxy groups -OCH3 is 2. The maximum atomic E-state index is 12.1. The summed E-state index contributed by atoms with van der Waals surface area (Å²) in [5, 5.41) is 27.2. The van der Waals surface area contributed by atoms with Crippen LogP contribution in [0.2, 0.25) is 0 Å². The molecule has 0 amide bonds. The SMILES string of the molecule is CCCCSc1nc(Nc2cc(N(CC)CC)ccc2N=Nc2snc3cc(S(=O)(=O)O)c(OC)cc23)nc(Nc2cc(N(CC)CC)ccc2N=Nc2snc3cc(S(=O)(=O)O)c(OC)cc23)n1. The summed E-state index contributed by atoms with van der Waals surface area (Å²) >= 11 is 3.49. The van der Waals surface area contributed by atoms with E-state index in [1.165, 1.54) is 50.2 Å². The quantitative estimate of drug-likeness (QED) is 0.0213. The molecular weight excluding hydrogens is 987 g/mol. The first-order valence-electron chi connectivity index (χ1n) is 21.5. The lowest BCUT2D eigenvalue weighted by molar-refractivity contribution is 0.398. The van der Waals surface area contributed by atoms with Gasteiger partial charge in [0.2, 0.25) is 11.9 Å². The molecule has 0 spiro atoms. The van der Waals surface area contributed by atoms with Crippen LogP contribution in [-0.4, -0.2) is 95.8 Å². The summed E-state index contributed by atoms with van der Waals surface area (Å²) in [6, 6.07) is 16.7. The minimum Gasteiger partial charge on any atom is -0.495 e. The zero-order valence-corrected chi connectivity index (χ0v) is 42.6. The van der Waals surface area contributed by atoms with E-state index in [1.54, 1.807) is 0 Å². The fourth-order valence-electron chi connectivity index (χ4n) is 7.02. The second-order valence-corrected chi connectivity index (χ2v) is 20.2. The maximum absolute atomic E-state index is 12.1. The van der Waals surface area contributed by atoms with Crippen LogP contribution in [0.3, 0.4) is 0 Å². The molecule has 21 nitrogen and oxygen atoms in total. The summed E-state index contributed by atoms with van der Waals surface area (Å²) in [6.45, 7) is 13.3. The van der Waals surface area contributed by atoms with Crippen molar-refractivity contribution < 1.29 is 35.4 Å². The lowest BCUT2D eigenvalue weighted by atomic mass is 10.2. The fourth-order valence-corrected chi connectivity index (χ4v) is 10.6. The number of hydrogen-bond donors (Lipinski definition) is 4. The third-order valence-electron chi connectivity index (χ3n) is 10.6. The Labute approximate surface area is 411 Å². The molecule has 0 atom stereocenters. The fraction of sp³-hybridized carbons (Fsp3) is 0.326. The molecule has 0 radical (unpaired) electrons. The topological polar surface area (TPSA) is 272 Å². The normalized spacial score (nSPS) is 12.1. The minimum absolute atomic E-state index is 0.0666. The van der Waals surface area contributed by atoms with Gasteiger partial charge >= 0.3 is 0 Å². The Bertz CT molecular complexity index is 3060. The zero-order valence-electron chi connectivity index (χ0n) is 38.5. The van der Waals surface area contributed by atoms with Crippen LogP contribution in [0, 0.1) is 0 Å². The first-order chi connectivity index (χ1) is 33.1. The third-order valence-corrected chi connectivity index (χ3v) is 14.8. The molecule has 0 unspecified atom stereocenters. The number of nitrogens with zero attached hydrogens (tertiary/aromatic N) is 11. The van der Waals surface area contributed by atoms with E-state index in [-0.39, 0.29) is 34.4 Å². The van der Waals surface area contributed by atoms with Crippen LogP contribution < -0.4 is 29.9 Å². The summed E-state index contributed by atoms with van der Waals surface area (Å²) in [6.07, 6.45) is 1.90. The molecule has 364 valence electrons. The van der Waals surface area contributed by atoms with Gasteiger partial charge in [-0.05, 0) is 118 Å². The Morgan fingerprint density at radius 1 is 0.623 bits per heavy atom. The predicted molar refractivity (Wildman–Crippen MR) is 272 cm³/mol. The van der Waals surface area contributed by atoms with Crippen molar-refractivity contribution in [2.24, 2.45) is 20.5 Å². The van der Waals surface area contributed by atoms with E-state index in [0.29, 0.717) is 48.7 Å². The number of azo groups is 2. The van der Waals surface area contributed by atoms with Gasteiger partial charge in [0.25, 0.3) is 20.2 Å². The molecule has 0 fully saturated rings. The third kappa shape index (κ3) is 11.8. The Morgan fingerprint density at radius 2 is 1.06 bits per heavy atom. The van der Waals surface area contributed by atoms with Crippen molar-refractivity contribution in [1.82, 2.24) is 23.7 Å². The number of hydrogen-bond acceptors (Lipinski definition) is 22. The number of thioether (sulfide) groups is 1. The average molecular weight is 1040 g/mol. The van der Waals surface area contributed by atoms with Crippen LogP contribution in [0.15, 0.2) is 96.1 Å². The Kier molecular flexibility index (Phi) is 16.2. The van der Waals surface area contributed by atoms with Gasteiger partial charge in [0.05, 0.1) is 36.6 Å². The summed E-state index contributed by atoms with van der Waals surface area (Å²) < 4.78 is 87.0. The molecular formula is C43H49N13O8S5. The summed E-state index contributed by atoms with van der Waals surface area (Å²) in [4.78, 5) is 18.0. The van der Waals surface area contributed by atoms with E-state index in [2.05, 4.69) is 84.3 Å². The van der Waals surface area contributed by atoms with Crippen molar-refractivity contribution in [3.63, 3.8) is 0 Å². The summed E-state index contributed by atoms with van der Waals surface area (Å²) in [5.41, 5.74) is 4.32. The van der Waals surface area contributed by atoms with Crippen LogP contribution in [0.5, 0.6) is 11.5 Å². The van der Waals surface area contributed by atoms with Crippen LogP contribution in [0.1, 0.15) is 47.5 Å². The monoisotopic (exact) mass is 1040 g/mol. The zero-order chi connectivity index (χ0) is 49.5. The van der Waals surface area contributed by atoms with Gasteiger partial charge < -0.3 is 29.9 Å². The van der Waals surface area contributed by atoms with Crippen molar-refractivity contribution in [1.29, 1.82) is 0 Å². The molecule has 3 heterocycles. The van der Waals surface area contributed by atoms with E-state index in [9.17, 15) is 25.9 Å². The van der Waals surface area contributed by atoms with Crippen LogP contribution >= 0.6 is 34.8 Å². The van der Waals surface area contributed by atoms with Crippen LogP contribution in [-0.2, 0) is 20.2 Å². The molecule has 0 bridgehead atoms. The molecule has 7 aromatic rings. The van der Waals surface area contributed by atoms with Gasteiger partial charge in [-0.3, -0.25) is 9.11 Å². The molecule has 0 aliphatic rings. The average Bonchev–Trinajstić information content (AvgIpc) is 3.93. The first kappa shape index (κ1) is 50.7. The maximum Gasteiger partial charge on any atom is 0.298 e. The largest absolute Gasteiger partial charge is 0.495 e. The van der Waals surface area contributed by atoms with Gasteiger partial charge in [0, 0.05) is 54.1 Å². The van der Waals surface area contributed by atoms with Gasteiger partial charge in [-0.25, -0.2) is 0 Å². The summed E-state index contributed by atoms with van der Waals surface area (Å²) in [5.74, 6) is 1.04. The van der Waals surface area contributed by atoms with Crippen molar-refractivity contribution in [3.8, 4) is 11.5 Å². The number of rotatable bonds is 22. The number of anilines is 6. The number of unbranched alkanes of at least 4 members (excludes halogenated alkanes) is 1. The van der Waals surface area contributed by atoms with Gasteiger partial charge in [0.1, 0.15) is 32.7 Å². The molecule has 7 rings (SSSR count). The molecule has 3 aromatic heterocycles. The Morgan fingerprint density at radius 3 is 1.43 bits per heavy atom. The van der Waals surface area contributed by atoms with Crippen molar-refractivity contribution in [2.75, 3.05) is 66.6 Å². The lowest BCUT2D eigenvalue weighted by Crippen LogP contribution is -2.21. The highest BCUT2D eigenvalue weighted by Crippen LogP contribution is 2.42. The highest BCUT2D eigenvalue weighted by molar-refractivity contribution is 7.99. The van der Waals surface area contributed by atoms with Crippen LogP contribution in [0.4, 0.5) is 56.0 Å². The standard InChI is InChI=1S/C43H49N13O8S5/c1-8-13-18-65-43-47-41(44-33-19-25(55(9-2)10-3)14-16-29(33)49-51-39-27-21-35(63-6)37(68(57,58)59)23-31(27)53-66-39)46-42(48-43)45-34-20-26(56(11-4)12-5)15-17-30(34)50-52-40-28-22-36(64-7)38(69(60,61)62)24-32(28)54-67-40/h14-17,19-24H,8-13,18H2,1-7H3,(H,57,58,59)(H,60,61,62)(H2,44,45,46,47,48). The minimum atomic E-state index is -4.59. The van der Waals surface area contributed by atoms with E-state index >= 15 is 0 Å². The second-order valence-electron chi connectivity index (χ2n) is 14.8. The van der Waals surface area contributed by atoms with Gasteiger partial charge in [-0.15, -0.1) is 20.5 Å². The number of nitrogens with one attached hydrogen (secondary N) is 2. The molecule has 4 aromatic carbocycles. The van der Waals surface area contributed by atoms with E-state index in [1.807, 2.05) is 36.4 Å². The summed E-state index contributed by atoms with van der Waals surface area (Å²) in [7, 11) is -6.57. The van der Waals surface area contributed by atoms with Crippen LogP contribution in [0.25, 0.3) is 21.8 Å². The number of fused-ring (bicyclic) bond motifs is 2. The Balaban J connectivity index is 1.29.